The zero-order chi connectivity index (χ0) is 14.1. The minimum atomic E-state index is -0.531. The number of hydrogen-bond donors (Lipinski definition) is 2. The highest BCUT2D eigenvalue weighted by Gasteiger charge is 2.18. The van der Waals surface area contributed by atoms with Gasteiger partial charge in [-0.2, -0.15) is 0 Å². The molecule has 7 nitrogen and oxygen atoms in total. The molecular weight excluding hydrogens is 250 g/mol. The molecule has 1 atom stereocenters. The van der Waals surface area contributed by atoms with Crippen LogP contribution >= 0.6 is 0 Å². The first-order valence-corrected chi connectivity index (χ1v) is 6.01. The van der Waals surface area contributed by atoms with E-state index in [0.717, 1.165) is 0 Å². The minimum Gasteiger partial charge on any atom is -0.378 e. The highest BCUT2D eigenvalue weighted by atomic mass is 16.6. The van der Waals surface area contributed by atoms with Crippen LogP contribution in [0.4, 0.5) is 5.69 Å². The lowest BCUT2D eigenvalue weighted by Crippen LogP contribution is -2.20. The highest BCUT2D eigenvalue weighted by Crippen LogP contribution is 2.23. The third kappa shape index (κ3) is 5.31. The lowest BCUT2D eigenvalue weighted by molar-refractivity contribution is -0.385. The molecule has 0 saturated carbocycles. The van der Waals surface area contributed by atoms with Gasteiger partial charge in [0.05, 0.1) is 37.4 Å². The normalized spacial score (nSPS) is 12.3. The molecule has 0 amide bonds. The Balaban J connectivity index is 2.41. The number of nitro groups is 1. The number of ether oxygens (including phenoxy) is 2. The SMILES string of the molecule is NCCOCCOCC(N)c1ccccc1[N+](=O)[O-]. The summed E-state index contributed by atoms with van der Waals surface area (Å²) in [6.45, 7) is 1.97. The molecule has 0 bridgehead atoms. The molecule has 1 aromatic rings. The van der Waals surface area contributed by atoms with Crippen LogP contribution in [0.5, 0.6) is 0 Å². The summed E-state index contributed by atoms with van der Waals surface area (Å²) in [4.78, 5) is 10.4. The van der Waals surface area contributed by atoms with Crippen LogP contribution in [0.3, 0.4) is 0 Å². The molecule has 1 aromatic carbocycles. The van der Waals surface area contributed by atoms with Gasteiger partial charge in [0.15, 0.2) is 0 Å². The lowest BCUT2D eigenvalue weighted by Gasteiger charge is -2.12. The molecule has 0 radical (unpaired) electrons. The zero-order valence-electron chi connectivity index (χ0n) is 10.7. The number of nitrogens with zero attached hydrogens (tertiary/aromatic N) is 1. The number of nitrogens with two attached hydrogens (primary N) is 2. The Morgan fingerprint density at radius 2 is 1.89 bits per heavy atom. The molecule has 19 heavy (non-hydrogen) atoms. The maximum atomic E-state index is 10.9. The predicted octanol–water partition coefficient (Wildman–Crippen LogP) is 0.587. The average molecular weight is 269 g/mol. The Morgan fingerprint density at radius 3 is 2.58 bits per heavy atom. The van der Waals surface area contributed by atoms with E-state index < -0.39 is 11.0 Å². The Bertz CT molecular complexity index is 400. The number of para-hydroxylation sites is 1. The molecule has 106 valence electrons. The van der Waals surface area contributed by atoms with Crippen LogP contribution in [0.1, 0.15) is 11.6 Å². The maximum absolute atomic E-state index is 10.9. The van der Waals surface area contributed by atoms with Crippen LogP contribution in [0.15, 0.2) is 24.3 Å². The molecule has 0 aliphatic carbocycles. The summed E-state index contributed by atoms with van der Waals surface area (Å²) in [5.41, 5.74) is 11.6. The van der Waals surface area contributed by atoms with Crippen LogP contribution in [0.25, 0.3) is 0 Å². The summed E-state index contributed by atoms with van der Waals surface area (Å²) in [5.74, 6) is 0. The fourth-order valence-corrected chi connectivity index (χ4v) is 1.57. The predicted molar refractivity (Wildman–Crippen MR) is 70.7 cm³/mol. The van der Waals surface area contributed by atoms with Gasteiger partial charge in [0, 0.05) is 18.2 Å². The molecule has 0 heterocycles. The van der Waals surface area contributed by atoms with E-state index in [1.807, 2.05) is 0 Å². The standard InChI is InChI=1S/C12H19N3O4/c13-5-6-18-7-8-19-9-11(14)10-3-1-2-4-12(10)15(16)17/h1-4,11H,5-9,13-14H2. The van der Waals surface area contributed by atoms with Gasteiger partial charge in [0.25, 0.3) is 5.69 Å². The molecule has 0 saturated heterocycles. The van der Waals surface area contributed by atoms with E-state index in [1.165, 1.54) is 6.07 Å². The molecule has 1 rings (SSSR count). The molecule has 1 unspecified atom stereocenters. The monoisotopic (exact) mass is 269 g/mol. The average Bonchev–Trinajstić information content (AvgIpc) is 2.42. The first-order valence-electron chi connectivity index (χ1n) is 6.01. The van der Waals surface area contributed by atoms with E-state index in [0.29, 0.717) is 31.9 Å². The molecule has 0 aliphatic heterocycles. The quantitative estimate of drug-likeness (QED) is 0.385. The van der Waals surface area contributed by atoms with Crippen LogP contribution in [-0.4, -0.2) is 37.9 Å². The first-order chi connectivity index (χ1) is 9.16. The van der Waals surface area contributed by atoms with Gasteiger partial charge in [-0.15, -0.1) is 0 Å². The van der Waals surface area contributed by atoms with Crippen molar-refractivity contribution in [2.24, 2.45) is 11.5 Å². The second kappa shape index (κ2) is 8.54. The molecular formula is C12H19N3O4. The molecule has 0 aromatic heterocycles. The smallest absolute Gasteiger partial charge is 0.274 e. The van der Waals surface area contributed by atoms with Crippen molar-refractivity contribution in [1.82, 2.24) is 0 Å². The highest BCUT2D eigenvalue weighted by molar-refractivity contribution is 5.41. The Labute approximate surface area is 111 Å². The summed E-state index contributed by atoms with van der Waals surface area (Å²) in [5, 5.41) is 10.9. The minimum absolute atomic E-state index is 0.0120. The summed E-state index contributed by atoms with van der Waals surface area (Å²) in [6, 6.07) is 5.86. The van der Waals surface area contributed by atoms with Gasteiger partial charge in [-0.25, -0.2) is 0 Å². The number of rotatable bonds is 9. The summed E-state index contributed by atoms with van der Waals surface area (Å²) in [7, 11) is 0. The van der Waals surface area contributed by atoms with Gasteiger partial charge in [-0.1, -0.05) is 18.2 Å². The van der Waals surface area contributed by atoms with Crippen LogP contribution < -0.4 is 11.5 Å². The second-order valence-electron chi connectivity index (χ2n) is 3.90. The van der Waals surface area contributed by atoms with Crippen molar-refractivity contribution < 1.29 is 14.4 Å². The van der Waals surface area contributed by atoms with Crippen molar-refractivity contribution in [3.63, 3.8) is 0 Å². The van der Waals surface area contributed by atoms with Gasteiger partial charge in [0.2, 0.25) is 0 Å². The first kappa shape index (κ1) is 15.5. The van der Waals surface area contributed by atoms with E-state index in [-0.39, 0.29) is 12.3 Å². The van der Waals surface area contributed by atoms with Gasteiger partial charge >= 0.3 is 0 Å². The van der Waals surface area contributed by atoms with Gasteiger partial charge in [-0.3, -0.25) is 10.1 Å². The van der Waals surface area contributed by atoms with Gasteiger partial charge in [0.1, 0.15) is 0 Å². The third-order valence-corrected chi connectivity index (χ3v) is 2.46. The Morgan fingerprint density at radius 1 is 1.21 bits per heavy atom. The fraction of sp³-hybridized carbons (Fsp3) is 0.500. The summed E-state index contributed by atoms with van der Waals surface area (Å²) >= 11 is 0. The largest absolute Gasteiger partial charge is 0.378 e. The number of benzene rings is 1. The summed E-state index contributed by atoms with van der Waals surface area (Å²) < 4.78 is 10.5. The van der Waals surface area contributed by atoms with Crippen molar-refractivity contribution in [1.29, 1.82) is 0 Å². The number of hydrogen-bond acceptors (Lipinski definition) is 6. The van der Waals surface area contributed by atoms with Crippen molar-refractivity contribution in [3.8, 4) is 0 Å². The van der Waals surface area contributed by atoms with Crippen molar-refractivity contribution in [3.05, 3.63) is 39.9 Å². The maximum Gasteiger partial charge on any atom is 0.274 e. The van der Waals surface area contributed by atoms with E-state index in [1.54, 1.807) is 18.2 Å². The molecule has 0 aliphatic rings. The van der Waals surface area contributed by atoms with Crippen molar-refractivity contribution >= 4 is 5.69 Å². The third-order valence-electron chi connectivity index (χ3n) is 2.46. The van der Waals surface area contributed by atoms with E-state index in [4.69, 9.17) is 20.9 Å². The van der Waals surface area contributed by atoms with E-state index >= 15 is 0 Å². The van der Waals surface area contributed by atoms with E-state index in [9.17, 15) is 10.1 Å². The number of nitro benzene ring substituents is 1. The van der Waals surface area contributed by atoms with Crippen molar-refractivity contribution in [2.75, 3.05) is 33.0 Å². The fourth-order valence-electron chi connectivity index (χ4n) is 1.57. The Kier molecular flexibility index (Phi) is 6.98. The Hall–Kier alpha value is -1.54. The topological polar surface area (TPSA) is 114 Å². The second-order valence-corrected chi connectivity index (χ2v) is 3.90. The lowest BCUT2D eigenvalue weighted by atomic mass is 10.1. The van der Waals surface area contributed by atoms with Crippen LogP contribution in [-0.2, 0) is 9.47 Å². The molecule has 7 heteroatoms. The van der Waals surface area contributed by atoms with Crippen LogP contribution in [0, 0.1) is 10.1 Å². The van der Waals surface area contributed by atoms with E-state index in [2.05, 4.69) is 0 Å². The summed E-state index contributed by atoms with van der Waals surface area (Å²) in [6.07, 6.45) is 0. The van der Waals surface area contributed by atoms with Gasteiger partial charge in [-0.05, 0) is 0 Å². The zero-order valence-corrected chi connectivity index (χ0v) is 10.7. The van der Waals surface area contributed by atoms with Crippen LogP contribution in [0.2, 0.25) is 0 Å². The van der Waals surface area contributed by atoms with Crippen molar-refractivity contribution in [2.45, 2.75) is 6.04 Å². The molecule has 0 spiro atoms. The molecule has 4 N–H and O–H groups in total. The molecule has 0 fully saturated rings. The van der Waals surface area contributed by atoms with Gasteiger partial charge < -0.3 is 20.9 Å².